The van der Waals surface area contributed by atoms with Crippen molar-refractivity contribution < 1.29 is 2.85 Å². The molecule has 0 fully saturated rings. The van der Waals surface area contributed by atoms with Crippen LogP contribution in [0.5, 0.6) is 0 Å². The molecule has 0 spiro atoms. The van der Waals surface area contributed by atoms with Gasteiger partial charge in [-0.3, -0.25) is 0 Å². The smallest absolute Gasteiger partial charge is 0 e. The fourth-order valence-corrected chi connectivity index (χ4v) is 0. The Morgan fingerprint density at radius 1 is 1.00 bits per heavy atom. The van der Waals surface area contributed by atoms with E-state index in [1.54, 1.807) is 0 Å². The third kappa shape index (κ3) is 77.2. The number of hydrogen-bond acceptors (Lipinski definition) is 0. The Balaban J connectivity index is -0.00000000267. The average molecular weight is 128 g/mol. The van der Waals surface area contributed by atoms with E-state index in [0.717, 1.165) is 0 Å². The Bertz CT molecular complexity index is 10.9. The number of rotatable bonds is 0. The quantitative estimate of drug-likeness (QED) is 0.326. The molecule has 0 radical (unpaired) electrons. The summed E-state index contributed by atoms with van der Waals surface area (Å²) in [4.78, 5) is 0. The molecule has 5 heavy (non-hydrogen) atoms. The fraction of sp³-hybridized carbons (Fsp3) is 1.00. The van der Waals surface area contributed by atoms with Gasteiger partial charge in [-0.15, -0.1) is 0 Å². The molecule has 0 bridgehead atoms. The van der Waals surface area contributed by atoms with Gasteiger partial charge in [-0.25, -0.2) is 0 Å². The molecular weight excluding hydrogens is 108 g/mol. The van der Waals surface area contributed by atoms with E-state index in [-0.39, 0.29) is 13.8 Å². The minimum absolute atomic E-state index is 0. The van der Waals surface area contributed by atoms with E-state index in [4.69, 9.17) is 0 Å². The van der Waals surface area contributed by atoms with Crippen LogP contribution in [0.1, 0.15) is 2.85 Å². The molecule has 0 aliphatic carbocycles. The Kier molecular flexibility index (Phi) is 509. The molecule has 0 aliphatic heterocycles. The maximum atomic E-state index is 2.14. The van der Waals surface area contributed by atoms with Crippen LogP contribution in [-0.4, -0.2) is 31.5 Å². The third-order valence-electron chi connectivity index (χ3n) is 0. The molecule has 0 rings (SSSR count). The van der Waals surface area contributed by atoms with Gasteiger partial charge in [-0.05, 0) is 31.5 Å². The van der Waals surface area contributed by atoms with Crippen molar-refractivity contribution in [2.24, 2.45) is 0 Å². The monoisotopic (exact) mass is 128 g/mol. The maximum absolute atomic E-state index is 2.14. The predicted octanol–water partition coefficient (Wildman–Crippen LogP) is -2.16. The van der Waals surface area contributed by atoms with E-state index in [9.17, 15) is 0 Å². The highest BCUT2D eigenvalue weighted by molar-refractivity contribution is 6.05. The molecule has 0 N–H and O–H groups in total. The van der Waals surface area contributed by atoms with Crippen LogP contribution in [0.2, 0.25) is 13.1 Å². The van der Waals surface area contributed by atoms with Crippen LogP contribution in [0, 0.1) is 0 Å². The van der Waals surface area contributed by atoms with Gasteiger partial charge in [0.1, 0.15) is 0 Å². The highest BCUT2D eigenvalue weighted by Gasteiger charge is 0.964. The molecule has 0 heterocycles. The van der Waals surface area contributed by atoms with Crippen molar-refractivity contribution in [2.45, 2.75) is 13.1 Å². The molecule has 0 saturated carbocycles. The second-order valence-electron chi connectivity index (χ2n) is 0. The van der Waals surface area contributed by atoms with Gasteiger partial charge in [-0.2, -0.15) is 0 Å². The van der Waals surface area contributed by atoms with E-state index >= 15 is 0 Å². The summed E-state index contributed by atoms with van der Waals surface area (Å²) in [6, 6.07) is 0. The van der Waals surface area contributed by atoms with Crippen molar-refractivity contribution in [3.8, 4) is 0 Å². The second kappa shape index (κ2) is 146. The highest BCUT2D eigenvalue weighted by Crippen LogP contribution is 0.962. The first-order valence-corrected chi connectivity index (χ1v) is 6.00. The lowest BCUT2D eigenvalue weighted by molar-refractivity contribution is 2.39. The van der Waals surface area contributed by atoms with Crippen LogP contribution < -0.4 is 0 Å². The average Bonchev–Trinajstić information content (AvgIpc) is 1.50. The fourth-order valence-electron chi connectivity index (χ4n) is 0. The van der Waals surface area contributed by atoms with E-state index in [1.807, 2.05) is 0 Å². The molecule has 0 aromatic carbocycles. The first-order valence-electron chi connectivity index (χ1n) is 2.00. The molecule has 40 valence electrons. The van der Waals surface area contributed by atoms with Gasteiger partial charge >= 0.3 is 0 Å². The van der Waals surface area contributed by atoms with E-state index in [1.165, 1.54) is 20.5 Å². The Hall–Kier alpha value is 0.651. The van der Waals surface area contributed by atoms with Crippen molar-refractivity contribution >= 4 is 31.5 Å². The molecular formula is C2H20Si3. The van der Waals surface area contributed by atoms with Gasteiger partial charge in [0.05, 0.1) is 0 Å². The van der Waals surface area contributed by atoms with Crippen LogP contribution in [0.3, 0.4) is 0 Å². The van der Waals surface area contributed by atoms with Gasteiger partial charge in [0.25, 0.3) is 0 Å². The lowest BCUT2D eigenvalue weighted by Gasteiger charge is -1.04. The zero-order valence-corrected chi connectivity index (χ0v) is 8.00. The summed E-state index contributed by atoms with van der Waals surface area (Å²) in [5.41, 5.74) is 0. The summed E-state index contributed by atoms with van der Waals surface area (Å²) >= 11 is 0. The molecule has 0 aromatic rings. The molecule has 0 aromatic heterocycles. The summed E-state index contributed by atoms with van der Waals surface area (Å²) < 4.78 is 0. The molecule has 0 saturated heterocycles. The van der Waals surface area contributed by atoms with Crippen molar-refractivity contribution in [1.29, 1.82) is 0 Å². The topological polar surface area (TPSA) is 0 Å². The maximum Gasteiger partial charge on any atom is 0 e. The Labute approximate surface area is 48.2 Å². The zero-order chi connectivity index (χ0) is 4.00. The second-order valence-corrected chi connectivity index (χ2v) is 0. The van der Waals surface area contributed by atoms with E-state index < -0.39 is 0 Å². The minimum Gasteiger partial charge on any atom is -0.0777 e. The predicted molar refractivity (Wildman–Crippen MR) is 47.2 cm³/mol. The summed E-state index contributed by atoms with van der Waals surface area (Å²) in [7, 11) is 2.61. The van der Waals surface area contributed by atoms with Crippen LogP contribution in [0.25, 0.3) is 0 Å². The molecule has 0 nitrogen and oxygen atoms in total. The summed E-state index contributed by atoms with van der Waals surface area (Å²) in [5.74, 6) is 0. The van der Waals surface area contributed by atoms with E-state index in [2.05, 4.69) is 13.1 Å². The van der Waals surface area contributed by atoms with Gasteiger partial charge in [-0.1, -0.05) is 13.1 Å². The van der Waals surface area contributed by atoms with E-state index in [0.29, 0.717) is 0 Å². The third-order valence-corrected chi connectivity index (χ3v) is 0. The standard InChI is InChI=1S/2CH6Si.H4Si.2H2/c2*1-2;;;/h2*1-2H3;1H4;2*1H. The lowest BCUT2D eigenvalue weighted by atomic mass is 11.9. The normalized spacial score (nSPS) is 3.60. The highest BCUT2D eigenvalue weighted by atomic mass is 28.1. The van der Waals surface area contributed by atoms with Gasteiger partial charge in [0.2, 0.25) is 0 Å². The first-order chi connectivity index (χ1) is 2.00. The SMILES string of the molecule is C[SiH3].C[SiH3].[HH].[HH].[SiH4]. The summed E-state index contributed by atoms with van der Waals surface area (Å²) in [6.45, 7) is 4.28. The van der Waals surface area contributed by atoms with Gasteiger partial charge in [0.15, 0.2) is 0 Å². The largest absolute Gasteiger partial charge is 0.0777 e. The zero-order valence-electron chi connectivity index (χ0n) is 4.00. The van der Waals surface area contributed by atoms with Crippen LogP contribution in [0.4, 0.5) is 0 Å². The van der Waals surface area contributed by atoms with Crippen molar-refractivity contribution in [3.05, 3.63) is 0 Å². The first kappa shape index (κ1) is 17.4. The Morgan fingerprint density at radius 3 is 1.00 bits per heavy atom. The van der Waals surface area contributed by atoms with Crippen molar-refractivity contribution in [3.63, 3.8) is 0 Å². The van der Waals surface area contributed by atoms with Crippen molar-refractivity contribution in [2.75, 3.05) is 0 Å². The lowest BCUT2D eigenvalue weighted by Crippen LogP contribution is -1.13. The van der Waals surface area contributed by atoms with Gasteiger partial charge < -0.3 is 0 Å². The summed E-state index contributed by atoms with van der Waals surface area (Å²) in [6.07, 6.45) is 0. The summed E-state index contributed by atoms with van der Waals surface area (Å²) in [5, 5.41) is 0. The molecule has 3 heteroatoms. The minimum atomic E-state index is 0. The van der Waals surface area contributed by atoms with Crippen LogP contribution in [0.15, 0.2) is 0 Å². The molecule has 0 amide bonds. The Morgan fingerprint density at radius 2 is 1.00 bits per heavy atom. The van der Waals surface area contributed by atoms with Crippen LogP contribution in [-0.2, 0) is 0 Å². The molecule has 0 aliphatic rings. The number of hydrogen-bond donors (Lipinski definition) is 0. The van der Waals surface area contributed by atoms with Gasteiger partial charge in [0, 0.05) is 2.85 Å². The molecule has 0 unspecified atom stereocenters. The van der Waals surface area contributed by atoms with Crippen LogP contribution >= 0.6 is 0 Å². The van der Waals surface area contributed by atoms with Crippen molar-refractivity contribution in [1.82, 2.24) is 0 Å². The molecule has 0 atom stereocenters.